The fraction of sp³-hybridized carbons (Fsp3) is 0.111. The number of benzene rings is 1. The molecular weight excluding hydrogens is 239 g/mol. The van der Waals surface area contributed by atoms with Crippen molar-refractivity contribution in [1.29, 1.82) is 5.26 Å². The van der Waals surface area contributed by atoms with Gasteiger partial charge in [0.15, 0.2) is 0 Å². The fourth-order valence-corrected chi connectivity index (χ4v) is 2.77. The van der Waals surface area contributed by atoms with Gasteiger partial charge in [-0.25, -0.2) is 4.98 Å². The van der Waals surface area contributed by atoms with Crippen LogP contribution in [0.25, 0.3) is 10.2 Å². The molecule has 0 saturated carbocycles. The van der Waals surface area contributed by atoms with E-state index in [0.29, 0.717) is 16.5 Å². The van der Waals surface area contributed by atoms with E-state index in [1.807, 2.05) is 0 Å². The quantitative estimate of drug-likeness (QED) is 0.766. The van der Waals surface area contributed by atoms with Gasteiger partial charge in [0, 0.05) is 5.02 Å². The predicted molar refractivity (Wildman–Crippen MR) is 59.0 cm³/mol. The zero-order chi connectivity index (χ0) is 10.1. The molecular formula is C9H4Cl2N2S. The summed E-state index contributed by atoms with van der Waals surface area (Å²) >= 11 is 13.2. The van der Waals surface area contributed by atoms with E-state index >= 15 is 0 Å². The zero-order valence-electron chi connectivity index (χ0n) is 6.92. The highest BCUT2D eigenvalue weighted by Crippen LogP contribution is 2.31. The van der Waals surface area contributed by atoms with E-state index in [2.05, 4.69) is 11.1 Å². The normalized spacial score (nSPS) is 10.4. The molecule has 0 aliphatic heterocycles. The van der Waals surface area contributed by atoms with Gasteiger partial charge in [0.25, 0.3) is 0 Å². The average molecular weight is 243 g/mol. The second-order valence-corrected chi connectivity index (χ2v) is 4.64. The minimum absolute atomic E-state index is 0.313. The third-order valence-electron chi connectivity index (χ3n) is 1.69. The van der Waals surface area contributed by atoms with Crippen molar-refractivity contribution < 1.29 is 0 Å². The summed E-state index contributed by atoms with van der Waals surface area (Å²) < 4.78 is 0.924. The van der Waals surface area contributed by atoms with Gasteiger partial charge in [-0.05, 0) is 12.1 Å². The first-order chi connectivity index (χ1) is 6.70. The monoisotopic (exact) mass is 242 g/mol. The van der Waals surface area contributed by atoms with Gasteiger partial charge in [-0.1, -0.05) is 23.2 Å². The lowest BCUT2D eigenvalue weighted by Crippen LogP contribution is -1.77. The smallest absolute Gasteiger partial charge is 0.108 e. The Hall–Kier alpha value is -0.820. The molecule has 0 spiro atoms. The van der Waals surface area contributed by atoms with Crippen molar-refractivity contribution in [3.8, 4) is 6.07 Å². The Kier molecular flexibility index (Phi) is 2.60. The Morgan fingerprint density at radius 1 is 1.43 bits per heavy atom. The Balaban J connectivity index is 2.66. The van der Waals surface area contributed by atoms with Gasteiger partial charge in [-0.15, -0.1) is 11.3 Å². The van der Waals surface area contributed by atoms with Crippen LogP contribution in [0.3, 0.4) is 0 Å². The highest BCUT2D eigenvalue weighted by molar-refractivity contribution is 7.18. The van der Waals surface area contributed by atoms with Gasteiger partial charge in [0.2, 0.25) is 0 Å². The number of rotatable bonds is 1. The van der Waals surface area contributed by atoms with Crippen LogP contribution in [-0.2, 0) is 6.42 Å². The Morgan fingerprint density at radius 2 is 2.21 bits per heavy atom. The topological polar surface area (TPSA) is 36.7 Å². The SMILES string of the molecule is N#CCc1nc2c(Cl)cc(Cl)cc2s1. The van der Waals surface area contributed by atoms with Crippen LogP contribution >= 0.6 is 34.5 Å². The Bertz CT molecular complexity index is 527. The first kappa shape index (κ1) is 9.72. The second kappa shape index (κ2) is 3.74. The lowest BCUT2D eigenvalue weighted by atomic mass is 10.3. The van der Waals surface area contributed by atoms with Gasteiger partial charge < -0.3 is 0 Å². The molecule has 70 valence electrons. The third kappa shape index (κ3) is 1.69. The highest BCUT2D eigenvalue weighted by Gasteiger charge is 2.07. The van der Waals surface area contributed by atoms with Crippen LogP contribution < -0.4 is 0 Å². The summed E-state index contributed by atoms with van der Waals surface area (Å²) in [6.07, 6.45) is 0.313. The summed E-state index contributed by atoms with van der Waals surface area (Å²) in [5, 5.41) is 10.4. The van der Waals surface area contributed by atoms with Crippen LogP contribution in [0.5, 0.6) is 0 Å². The molecule has 0 atom stereocenters. The number of nitriles is 1. The largest absolute Gasteiger partial charge is 0.239 e. The second-order valence-electron chi connectivity index (χ2n) is 2.68. The van der Waals surface area contributed by atoms with Crippen molar-refractivity contribution in [2.45, 2.75) is 6.42 Å². The van der Waals surface area contributed by atoms with Crippen LogP contribution in [0.1, 0.15) is 5.01 Å². The first-order valence-electron chi connectivity index (χ1n) is 3.82. The zero-order valence-corrected chi connectivity index (χ0v) is 9.25. The molecule has 0 aliphatic carbocycles. The number of aromatic nitrogens is 1. The number of nitrogens with zero attached hydrogens (tertiary/aromatic N) is 2. The average Bonchev–Trinajstić information content (AvgIpc) is 2.48. The first-order valence-corrected chi connectivity index (χ1v) is 5.39. The molecule has 5 heteroatoms. The van der Waals surface area contributed by atoms with E-state index in [4.69, 9.17) is 28.5 Å². The van der Waals surface area contributed by atoms with Crippen molar-refractivity contribution in [2.24, 2.45) is 0 Å². The Morgan fingerprint density at radius 3 is 2.93 bits per heavy atom. The molecule has 1 aromatic heterocycles. The number of halogens is 2. The van der Waals surface area contributed by atoms with Crippen LogP contribution in [0.2, 0.25) is 10.0 Å². The Labute approximate surface area is 94.7 Å². The van der Waals surface area contributed by atoms with Crippen molar-refractivity contribution in [1.82, 2.24) is 4.98 Å². The molecule has 2 aromatic rings. The summed E-state index contributed by atoms with van der Waals surface area (Å²) in [5.41, 5.74) is 0.728. The molecule has 2 rings (SSSR count). The molecule has 0 saturated heterocycles. The lowest BCUT2D eigenvalue weighted by Gasteiger charge is -1.92. The molecule has 0 N–H and O–H groups in total. The molecule has 2 nitrogen and oxygen atoms in total. The van der Waals surface area contributed by atoms with Gasteiger partial charge in [0.1, 0.15) is 10.5 Å². The fourth-order valence-electron chi connectivity index (χ4n) is 1.15. The van der Waals surface area contributed by atoms with Crippen molar-refractivity contribution in [3.05, 3.63) is 27.2 Å². The summed E-state index contributed by atoms with van der Waals surface area (Å²) in [5.74, 6) is 0. The number of hydrogen-bond acceptors (Lipinski definition) is 3. The summed E-state index contributed by atoms with van der Waals surface area (Å²) in [4.78, 5) is 4.25. The van der Waals surface area contributed by atoms with Gasteiger partial charge in [-0.2, -0.15) is 5.26 Å². The number of fused-ring (bicyclic) bond motifs is 1. The molecule has 1 aromatic carbocycles. The van der Waals surface area contributed by atoms with Crippen molar-refractivity contribution in [2.75, 3.05) is 0 Å². The highest BCUT2D eigenvalue weighted by atomic mass is 35.5. The molecule has 0 unspecified atom stereocenters. The van der Waals surface area contributed by atoms with E-state index in [1.54, 1.807) is 12.1 Å². The summed E-state index contributed by atoms with van der Waals surface area (Å²) in [7, 11) is 0. The predicted octanol–water partition coefficient (Wildman–Crippen LogP) is 3.67. The van der Waals surface area contributed by atoms with Crippen LogP contribution in [0, 0.1) is 11.3 Å². The molecule has 0 fully saturated rings. The van der Waals surface area contributed by atoms with Gasteiger partial charge >= 0.3 is 0 Å². The van der Waals surface area contributed by atoms with Gasteiger partial charge in [0.05, 0.1) is 22.2 Å². The van der Waals surface area contributed by atoms with E-state index in [-0.39, 0.29) is 0 Å². The number of thiazole rings is 1. The standard InChI is InChI=1S/C9H4Cl2N2S/c10-5-3-6(11)9-7(4-5)14-8(13-9)1-2-12/h3-4H,1H2. The van der Waals surface area contributed by atoms with Gasteiger partial charge in [-0.3, -0.25) is 0 Å². The number of hydrogen-bond donors (Lipinski definition) is 0. The van der Waals surface area contributed by atoms with Crippen LogP contribution in [0.4, 0.5) is 0 Å². The third-order valence-corrected chi connectivity index (χ3v) is 3.20. The van der Waals surface area contributed by atoms with E-state index in [1.165, 1.54) is 11.3 Å². The minimum Gasteiger partial charge on any atom is -0.239 e. The maximum Gasteiger partial charge on any atom is 0.108 e. The maximum absolute atomic E-state index is 8.53. The molecule has 0 radical (unpaired) electrons. The van der Waals surface area contributed by atoms with E-state index in [0.717, 1.165) is 15.2 Å². The minimum atomic E-state index is 0.313. The van der Waals surface area contributed by atoms with E-state index in [9.17, 15) is 0 Å². The summed E-state index contributed by atoms with van der Waals surface area (Å²) in [6, 6.07) is 5.51. The molecule has 0 bridgehead atoms. The van der Waals surface area contributed by atoms with Crippen molar-refractivity contribution >= 4 is 44.8 Å². The van der Waals surface area contributed by atoms with Crippen LogP contribution in [-0.4, -0.2) is 4.98 Å². The molecule has 0 aliphatic rings. The molecule has 0 amide bonds. The van der Waals surface area contributed by atoms with Crippen LogP contribution in [0.15, 0.2) is 12.1 Å². The maximum atomic E-state index is 8.53. The lowest BCUT2D eigenvalue weighted by molar-refractivity contribution is 1.21. The van der Waals surface area contributed by atoms with E-state index < -0.39 is 0 Å². The molecule has 14 heavy (non-hydrogen) atoms. The van der Waals surface area contributed by atoms with Crippen molar-refractivity contribution in [3.63, 3.8) is 0 Å². The summed E-state index contributed by atoms with van der Waals surface area (Å²) in [6.45, 7) is 0. The molecule has 1 heterocycles.